The summed E-state index contributed by atoms with van der Waals surface area (Å²) in [4.78, 5) is 11.7. The first-order chi connectivity index (χ1) is 6.13. The van der Waals surface area contributed by atoms with E-state index in [0.29, 0.717) is 5.78 Å². The van der Waals surface area contributed by atoms with Crippen molar-refractivity contribution >= 4 is 5.78 Å². The Morgan fingerprint density at radius 2 is 1.85 bits per heavy atom. The number of carbonyl (C=O) groups is 1. The fraction of sp³-hybridized carbons (Fsp3) is 0.545. The zero-order valence-corrected chi connectivity index (χ0v) is 8.48. The molecule has 13 heavy (non-hydrogen) atoms. The van der Waals surface area contributed by atoms with Crippen LogP contribution in [0.15, 0.2) is 0 Å². The van der Waals surface area contributed by atoms with Crippen molar-refractivity contribution < 1.29 is 4.79 Å². The Hall–Kier alpha value is -1.05. The monoisotopic (exact) mass is 177 g/mol. The molecule has 70 valence electrons. The molecule has 0 unspecified atom stereocenters. The highest BCUT2D eigenvalue weighted by Crippen LogP contribution is 2.28. The highest BCUT2D eigenvalue weighted by molar-refractivity contribution is 6.00. The minimum absolute atomic E-state index is 0.336. The molecule has 0 saturated carbocycles. The second-order valence-electron chi connectivity index (χ2n) is 3.86. The number of carbonyl (C=O) groups excluding carboxylic acids is 1. The van der Waals surface area contributed by atoms with Gasteiger partial charge in [0.1, 0.15) is 0 Å². The van der Waals surface area contributed by atoms with Crippen LogP contribution < -0.4 is 0 Å². The highest BCUT2D eigenvalue weighted by Gasteiger charge is 2.24. The van der Waals surface area contributed by atoms with Crippen LogP contribution in [-0.4, -0.2) is 10.4 Å². The molecule has 1 aromatic rings. The number of hydrogen-bond donors (Lipinski definition) is 0. The van der Waals surface area contributed by atoms with Gasteiger partial charge in [-0.15, -0.1) is 0 Å². The molecule has 1 aromatic heterocycles. The summed E-state index contributed by atoms with van der Waals surface area (Å²) in [7, 11) is 2.04. The molecule has 2 heteroatoms. The standard InChI is InChI=1S/C11H15NO/c1-7-9-5-4-6-10(13)11(9)8(2)12(7)3/h4-6H2,1-3H3. The Bertz CT molecular complexity index is 374. The van der Waals surface area contributed by atoms with E-state index in [2.05, 4.69) is 11.5 Å². The van der Waals surface area contributed by atoms with Gasteiger partial charge in [-0.2, -0.15) is 0 Å². The number of hydrogen-bond acceptors (Lipinski definition) is 1. The number of nitrogens with zero attached hydrogens (tertiary/aromatic N) is 1. The largest absolute Gasteiger partial charge is 0.351 e. The average Bonchev–Trinajstić information content (AvgIpc) is 2.33. The molecular weight excluding hydrogens is 162 g/mol. The highest BCUT2D eigenvalue weighted by atomic mass is 16.1. The van der Waals surface area contributed by atoms with Crippen molar-refractivity contribution in [3.63, 3.8) is 0 Å². The predicted molar refractivity (Wildman–Crippen MR) is 52.2 cm³/mol. The summed E-state index contributed by atoms with van der Waals surface area (Å²) in [5, 5.41) is 0. The maximum Gasteiger partial charge on any atom is 0.164 e. The summed E-state index contributed by atoms with van der Waals surface area (Å²) in [6, 6.07) is 0. The van der Waals surface area contributed by atoms with Crippen molar-refractivity contribution in [2.45, 2.75) is 33.1 Å². The molecule has 0 atom stereocenters. The first kappa shape index (κ1) is 8.54. The molecule has 1 heterocycles. The predicted octanol–water partition coefficient (Wildman–Crippen LogP) is 2.16. The molecule has 0 radical (unpaired) electrons. The molecule has 0 spiro atoms. The van der Waals surface area contributed by atoms with Gasteiger partial charge >= 0.3 is 0 Å². The van der Waals surface area contributed by atoms with Gasteiger partial charge in [-0.25, -0.2) is 0 Å². The molecule has 0 fully saturated rings. The summed E-state index contributed by atoms with van der Waals surface area (Å²) in [6.45, 7) is 4.14. The van der Waals surface area contributed by atoms with E-state index >= 15 is 0 Å². The van der Waals surface area contributed by atoms with Gasteiger partial charge in [0.15, 0.2) is 5.78 Å². The van der Waals surface area contributed by atoms with Crippen molar-refractivity contribution in [2.24, 2.45) is 7.05 Å². The molecule has 2 nitrogen and oxygen atoms in total. The van der Waals surface area contributed by atoms with E-state index in [1.807, 2.05) is 14.0 Å². The van der Waals surface area contributed by atoms with E-state index in [1.54, 1.807) is 0 Å². The maximum atomic E-state index is 11.7. The van der Waals surface area contributed by atoms with Crippen molar-refractivity contribution in [1.82, 2.24) is 4.57 Å². The molecule has 1 aliphatic rings. The van der Waals surface area contributed by atoms with Crippen LogP contribution in [-0.2, 0) is 13.5 Å². The van der Waals surface area contributed by atoms with Crippen molar-refractivity contribution in [2.75, 3.05) is 0 Å². The third kappa shape index (κ3) is 1.05. The van der Waals surface area contributed by atoms with Gasteiger partial charge in [0.2, 0.25) is 0 Å². The molecule has 0 aliphatic heterocycles. The number of ketones is 1. The Balaban J connectivity index is 2.70. The van der Waals surface area contributed by atoms with Crippen LogP contribution in [0.2, 0.25) is 0 Å². The van der Waals surface area contributed by atoms with Crippen LogP contribution in [0.4, 0.5) is 0 Å². The van der Waals surface area contributed by atoms with Gasteiger partial charge in [0.25, 0.3) is 0 Å². The lowest BCUT2D eigenvalue weighted by molar-refractivity contribution is 0.0972. The molecule has 1 aliphatic carbocycles. The first-order valence-electron chi connectivity index (χ1n) is 4.81. The summed E-state index contributed by atoms with van der Waals surface area (Å²) in [5.74, 6) is 0.336. The number of Topliss-reactive ketones (excluding diaryl/α,β-unsaturated/α-hetero) is 1. The Morgan fingerprint density at radius 1 is 1.15 bits per heavy atom. The normalized spacial score (nSPS) is 16.1. The van der Waals surface area contributed by atoms with E-state index in [0.717, 1.165) is 30.5 Å². The minimum atomic E-state index is 0.336. The van der Waals surface area contributed by atoms with Gasteiger partial charge in [-0.05, 0) is 32.3 Å². The summed E-state index contributed by atoms with van der Waals surface area (Å²) < 4.78 is 2.13. The lowest BCUT2D eigenvalue weighted by Crippen LogP contribution is -2.09. The van der Waals surface area contributed by atoms with Gasteiger partial charge in [0.05, 0.1) is 0 Å². The van der Waals surface area contributed by atoms with Crippen molar-refractivity contribution in [3.8, 4) is 0 Å². The third-order valence-electron chi connectivity index (χ3n) is 3.22. The van der Waals surface area contributed by atoms with Crippen LogP contribution in [0, 0.1) is 13.8 Å². The van der Waals surface area contributed by atoms with Gasteiger partial charge in [-0.3, -0.25) is 4.79 Å². The van der Waals surface area contributed by atoms with Crippen LogP contribution in [0.25, 0.3) is 0 Å². The molecular formula is C11H15NO. The summed E-state index contributed by atoms with van der Waals surface area (Å²) >= 11 is 0. The van der Waals surface area contributed by atoms with Crippen LogP contribution in [0.1, 0.15) is 40.2 Å². The molecule has 0 bridgehead atoms. The van der Waals surface area contributed by atoms with E-state index < -0.39 is 0 Å². The Morgan fingerprint density at radius 3 is 2.46 bits per heavy atom. The van der Waals surface area contributed by atoms with Crippen LogP contribution >= 0.6 is 0 Å². The molecule has 0 amide bonds. The van der Waals surface area contributed by atoms with Gasteiger partial charge in [-0.1, -0.05) is 0 Å². The van der Waals surface area contributed by atoms with E-state index in [4.69, 9.17) is 0 Å². The summed E-state index contributed by atoms with van der Waals surface area (Å²) in [5.41, 5.74) is 4.69. The number of aromatic nitrogens is 1. The second kappa shape index (κ2) is 2.72. The molecule has 2 rings (SSSR count). The van der Waals surface area contributed by atoms with Gasteiger partial charge in [0, 0.05) is 30.4 Å². The Kier molecular flexibility index (Phi) is 1.79. The Labute approximate surface area is 78.6 Å². The lowest BCUT2D eigenvalue weighted by atomic mass is 9.91. The van der Waals surface area contributed by atoms with E-state index in [9.17, 15) is 4.79 Å². The number of fused-ring (bicyclic) bond motifs is 1. The zero-order chi connectivity index (χ0) is 9.59. The van der Waals surface area contributed by atoms with Crippen LogP contribution in [0.3, 0.4) is 0 Å². The molecule has 0 saturated heterocycles. The van der Waals surface area contributed by atoms with E-state index in [-0.39, 0.29) is 0 Å². The second-order valence-corrected chi connectivity index (χ2v) is 3.86. The van der Waals surface area contributed by atoms with Crippen molar-refractivity contribution in [3.05, 3.63) is 22.5 Å². The number of rotatable bonds is 0. The molecule has 0 N–H and O–H groups in total. The minimum Gasteiger partial charge on any atom is -0.351 e. The van der Waals surface area contributed by atoms with Gasteiger partial charge < -0.3 is 4.57 Å². The third-order valence-corrected chi connectivity index (χ3v) is 3.22. The maximum absolute atomic E-state index is 11.7. The SMILES string of the molecule is Cc1c2c(c(C)n1C)C(=O)CCC2. The molecule has 0 aromatic carbocycles. The van der Waals surface area contributed by atoms with Crippen molar-refractivity contribution in [1.29, 1.82) is 0 Å². The van der Waals surface area contributed by atoms with E-state index in [1.165, 1.54) is 11.3 Å². The lowest BCUT2D eigenvalue weighted by Gasteiger charge is -2.10. The fourth-order valence-electron chi connectivity index (χ4n) is 2.25. The fourth-order valence-corrected chi connectivity index (χ4v) is 2.25. The zero-order valence-electron chi connectivity index (χ0n) is 8.48. The summed E-state index contributed by atoms with van der Waals surface area (Å²) in [6.07, 6.45) is 2.84. The topological polar surface area (TPSA) is 22.0 Å². The average molecular weight is 177 g/mol. The van der Waals surface area contributed by atoms with Crippen LogP contribution in [0.5, 0.6) is 0 Å². The first-order valence-corrected chi connectivity index (χ1v) is 4.81. The smallest absolute Gasteiger partial charge is 0.164 e. The quantitative estimate of drug-likeness (QED) is 0.595.